The number of hydrazine groups is 1. The molecule has 0 radical (unpaired) electrons. The van der Waals surface area contributed by atoms with E-state index in [1.165, 1.54) is 108 Å². The van der Waals surface area contributed by atoms with Gasteiger partial charge in [0.1, 0.15) is 5.84 Å². The second-order valence-corrected chi connectivity index (χ2v) is 14.2. The van der Waals surface area contributed by atoms with Crippen molar-refractivity contribution in [3.63, 3.8) is 0 Å². The van der Waals surface area contributed by atoms with E-state index < -0.39 is 5.92 Å². The van der Waals surface area contributed by atoms with Crippen molar-refractivity contribution in [2.24, 2.45) is 10.9 Å². The third-order valence-electron chi connectivity index (χ3n) is 8.27. The second-order valence-electron chi connectivity index (χ2n) is 12.2. The summed E-state index contributed by atoms with van der Waals surface area (Å²) >= 11 is 14.9. The Kier molecular flexibility index (Phi) is 16.3. The van der Waals surface area contributed by atoms with Crippen LogP contribution < -0.4 is 10.4 Å². The zero-order valence-corrected chi connectivity index (χ0v) is 29.3. The van der Waals surface area contributed by atoms with E-state index >= 15 is 0 Å². The molecule has 1 aliphatic heterocycles. The molecule has 43 heavy (non-hydrogen) atoms. The summed E-state index contributed by atoms with van der Waals surface area (Å²) in [7, 11) is 0. The number of anilines is 1. The number of thioether (sulfide) groups is 1. The number of halogens is 2. The number of rotatable bonds is 20. The maximum atomic E-state index is 13.1. The Morgan fingerprint density at radius 2 is 1.35 bits per heavy atom. The molecular formula is C36H53Cl2N3OS. The van der Waals surface area contributed by atoms with Gasteiger partial charge in [0.2, 0.25) is 0 Å². The van der Waals surface area contributed by atoms with Crippen LogP contribution in [0.1, 0.15) is 128 Å². The molecule has 0 bridgehead atoms. The Hall–Kier alpha value is -1.69. The minimum atomic E-state index is -0.422. The molecule has 1 fully saturated rings. The highest BCUT2D eigenvalue weighted by atomic mass is 35.5. The summed E-state index contributed by atoms with van der Waals surface area (Å²) in [6, 6.07) is 9.87. The maximum absolute atomic E-state index is 13.1. The maximum Gasteiger partial charge on any atom is 0.256 e. The lowest BCUT2D eigenvalue weighted by molar-refractivity contribution is -0.119. The Labute approximate surface area is 275 Å². The number of hydrogen-bond donors (Lipinski definition) is 1. The first-order valence-corrected chi connectivity index (χ1v) is 18.4. The number of amidine groups is 1. The highest BCUT2D eigenvalue weighted by molar-refractivity contribution is 7.99. The first kappa shape index (κ1) is 35.8. The van der Waals surface area contributed by atoms with E-state index in [2.05, 4.69) is 18.4 Å². The monoisotopic (exact) mass is 645 g/mol. The summed E-state index contributed by atoms with van der Waals surface area (Å²) < 4.78 is 0. The van der Waals surface area contributed by atoms with Gasteiger partial charge in [-0.2, -0.15) is 0 Å². The van der Waals surface area contributed by atoms with Crippen LogP contribution in [0.2, 0.25) is 10.0 Å². The van der Waals surface area contributed by atoms with Gasteiger partial charge in [-0.15, -0.1) is 11.8 Å². The van der Waals surface area contributed by atoms with E-state index in [1.54, 1.807) is 0 Å². The van der Waals surface area contributed by atoms with Gasteiger partial charge in [0.15, 0.2) is 0 Å². The van der Waals surface area contributed by atoms with Crippen molar-refractivity contribution in [1.29, 1.82) is 0 Å². The van der Waals surface area contributed by atoms with Crippen molar-refractivity contribution in [3.8, 4) is 0 Å². The minimum absolute atomic E-state index is 0.0854. The van der Waals surface area contributed by atoms with Gasteiger partial charge in [-0.05, 0) is 68.3 Å². The van der Waals surface area contributed by atoms with Crippen LogP contribution in [0.15, 0.2) is 40.2 Å². The number of aryl methyl sites for hydroxylation is 2. The average molecular weight is 647 g/mol. The lowest BCUT2D eigenvalue weighted by Gasteiger charge is -2.20. The molecule has 1 aliphatic rings. The number of carbonyl (C=O) groups excluding carboxylic acids is 1. The zero-order valence-electron chi connectivity index (χ0n) is 27.0. The van der Waals surface area contributed by atoms with E-state index in [-0.39, 0.29) is 5.91 Å². The van der Waals surface area contributed by atoms with E-state index in [0.29, 0.717) is 27.3 Å². The summed E-state index contributed by atoms with van der Waals surface area (Å²) in [6.45, 7) is 8.09. The number of amides is 1. The van der Waals surface area contributed by atoms with Crippen LogP contribution >= 0.6 is 35.0 Å². The smallest absolute Gasteiger partial charge is 0.256 e. The Morgan fingerprint density at radius 3 is 1.91 bits per heavy atom. The van der Waals surface area contributed by atoms with Crippen molar-refractivity contribution < 1.29 is 4.79 Å². The fraction of sp³-hybridized carbons (Fsp3) is 0.611. The lowest BCUT2D eigenvalue weighted by atomic mass is 10.0. The molecular weight excluding hydrogens is 593 g/mol. The molecule has 0 aromatic heterocycles. The fourth-order valence-electron chi connectivity index (χ4n) is 5.69. The number of hydrogen-bond acceptors (Lipinski definition) is 3. The molecule has 1 unspecified atom stereocenters. The van der Waals surface area contributed by atoms with Crippen LogP contribution in [0, 0.1) is 19.8 Å². The number of unbranched alkanes of at least 4 members (excludes halogenated alkanes) is 15. The lowest BCUT2D eigenvalue weighted by Crippen LogP contribution is -2.36. The van der Waals surface area contributed by atoms with Crippen LogP contribution in [0.3, 0.4) is 0 Å². The van der Waals surface area contributed by atoms with Crippen molar-refractivity contribution in [1.82, 2.24) is 5.43 Å². The summed E-state index contributed by atoms with van der Waals surface area (Å²) in [5.74, 6) is 1.15. The van der Waals surface area contributed by atoms with Crippen molar-refractivity contribution in [2.45, 2.75) is 135 Å². The average Bonchev–Trinajstić information content (AvgIpc) is 3.24. The molecule has 2 aromatic carbocycles. The Balaban J connectivity index is 1.34. The predicted molar refractivity (Wildman–Crippen MR) is 190 cm³/mol. The second kappa shape index (κ2) is 19.6. The van der Waals surface area contributed by atoms with E-state index in [0.717, 1.165) is 21.8 Å². The Bertz CT molecular complexity index is 1160. The van der Waals surface area contributed by atoms with Gasteiger partial charge < -0.3 is 0 Å². The van der Waals surface area contributed by atoms with Gasteiger partial charge in [-0.1, -0.05) is 133 Å². The molecule has 238 valence electrons. The summed E-state index contributed by atoms with van der Waals surface area (Å²) in [6.07, 6.45) is 22.2. The number of carbonyl (C=O) groups is 1. The first-order chi connectivity index (χ1) is 20.8. The first-order valence-electron chi connectivity index (χ1n) is 16.7. The van der Waals surface area contributed by atoms with Gasteiger partial charge in [0.05, 0.1) is 27.3 Å². The van der Waals surface area contributed by atoms with Crippen molar-refractivity contribution in [3.05, 3.63) is 51.5 Å². The molecule has 1 saturated heterocycles. The largest absolute Gasteiger partial charge is 0.277 e. The SMILES string of the molecule is CCCCCCCCCCCCCCCCCCSc1ccc(Cl)c(N=C2NN(c3c(C)cc(C)cc3Cl)C(=O)C2C)c1. The molecule has 3 rings (SSSR count). The third-order valence-corrected chi connectivity index (χ3v) is 9.96. The molecule has 1 heterocycles. The van der Waals surface area contributed by atoms with Gasteiger partial charge >= 0.3 is 0 Å². The van der Waals surface area contributed by atoms with Gasteiger partial charge in [-0.3, -0.25) is 10.2 Å². The van der Waals surface area contributed by atoms with Crippen molar-refractivity contribution >= 4 is 58.1 Å². The van der Waals surface area contributed by atoms with Gasteiger partial charge in [0, 0.05) is 4.90 Å². The van der Waals surface area contributed by atoms with Crippen LogP contribution in [0.5, 0.6) is 0 Å². The van der Waals surface area contributed by atoms with Gasteiger partial charge in [-0.25, -0.2) is 10.0 Å². The third kappa shape index (κ3) is 12.0. The molecule has 1 N–H and O–H groups in total. The molecule has 1 atom stereocenters. The number of aliphatic imine (C=N–C) groups is 1. The fourth-order valence-corrected chi connectivity index (χ4v) is 7.20. The molecule has 1 amide bonds. The quantitative estimate of drug-likeness (QED) is 0.115. The van der Waals surface area contributed by atoms with Gasteiger partial charge in [0.25, 0.3) is 5.91 Å². The van der Waals surface area contributed by atoms with E-state index in [9.17, 15) is 4.79 Å². The normalized spacial score (nSPS) is 16.0. The molecule has 0 spiro atoms. The van der Waals surface area contributed by atoms with Crippen LogP contribution in [-0.4, -0.2) is 17.5 Å². The van der Waals surface area contributed by atoms with E-state index in [1.807, 2.05) is 56.8 Å². The molecule has 2 aromatic rings. The molecule has 7 heteroatoms. The summed E-state index contributed by atoms with van der Waals surface area (Å²) in [4.78, 5) is 19.1. The molecule has 4 nitrogen and oxygen atoms in total. The van der Waals surface area contributed by atoms with Crippen LogP contribution in [0.25, 0.3) is 0 Å². The highest BCUT2D eigenvalue weighted by Gasteiger charge is 2.36. The number of nitrogens with zero attached hydrogens (tertiary/aromatic N) is 2. The highest BCUT2D eigenvalue weighted by Crippen LogP contribution is 2.35. The number of benzene rings is 2. The topological polar surface area (TPSA) is 44.7 Å². The molecule has 0 aliphatic carbocycles. The number of nitrogens with one attached hydrogen (secondary N) is 1. The van der Waals surface area contributed by atoms with Crippen molar-refractivity contribution in [2.75, 3.05) is 10.8 Å². The summed E-state index contributed by atoms with van der Waals surface area (Å²) in [5, 5.41) is 2.63. The summed E-state index contributed by atoms with van der Waals surface area (Å²) in [5.41, 5.74) is 6.53. The van der Waals surface area contributed by atoms with E-state index in [4.69, 9.17) is 28.2 Å². The van der Waals surface area contributed by atoms with Crippen LogP contribution in [-0.2, 0) is 4.79 Å². The molecule has 0 saturated carbocycles. The standard InChI is InChI=1S/C36H53Cl2N3OS/c1-5-6-7-8-9-10-11-12-13-14-15-16-17-18-19-20-23-43-30-21-22-31(37)33(26-30)39-35-29(4)36(42)41(40-35)34-28(3)24-27(2)25-32(34)38/h21-22,24-26,29H,5-20,23H2,1-4H3,(H,39,40). The zero-order chi connectivity index (χ0) is 31.0. The minimum Gasteiger partial charge on any atom is -0.277 e. The van der Waals surface area contributed by atoms with Crippen LogP contribution in [0.4, 0.5) is 11.4 Å². The Morgan fingerprint density at radius 1 is 0.791 bits per heavy atom. The predicted octanol–water partition coefficient (Wildman–Crippen LogP) is 12.2.